The number of fused-ring (bicyclic) bond motifs is 2. The van der Waals surface area contributed by atoms with Crippen molar-refractivity contribution in [3.8, 4) is 0 Å². The Morgan fingerprint density at radius 2 is 0.880 bits per heavy atom. The molecule has 0 N–H and O–H groups in total. The third-order valence-corrected chi connectivity index (χ3v) is 6.20. The molecule has 0 saturated heterocycles. The van der Waals surface area contributed by atoms with Gasteiger partial charge in [0, 0.05) is 8.95 Å². The van der Waals surface area contributed by atoms with Gasteiger partial charge in [-0.1, -0.05) is 92.5 Å². The van der Waals surface area contributed by atoms with Gasteiger partial charge in [-0.3, -0.25) is 0 Å². The minimum absolute atomic E-state index is 1.10. The Morgan fingerprint density at radius 3 is 1.32 bits per heavy atom. The predicted octanol–water partition coefficient (Wildman–Crippen LogP) is 7.69. The molecule has 25 heavy (non-hydrogen) atoms. The van der Waals surface area contributed by atoms with Crippen LogP contribution in [0.2, 0.25) is 0 Å². The van der Waals surface area contributed by atoms with E-state index in [4.69, 9.17) is 0 Å². The molecule has 0 unspecified atom stereocenters. The van der Waals surface area contributed by atoms with E-state index in [0.717, 1.165) is 19.3 Å². The fourth-order valence-corrected chi connectivity index (χ4v) is 4.51. The number of hydrogen-bond donors (Lipinski definition) is 0. The van der Waals surface area contributed by atoms with Crippen molar-refractivity contribution in [2.45, 2.75) is 19.3 Å². The standard InChI is InChI=1S/C23H18Br2/c24-22-14-12-16(18-8-1-3-10-20(18)22)6-5-7-17-13-15-23(25)21-11-4-2-9-19(17)21/h1-4,8-15H,5-7H2. The normalized spacial score (nSPS) is 11.3. The summed E-state index contributed by atoms with van der Waals surface area (Å²) >= 11 is 7.33. The molecule has 0 atom stereocenters. The molecule has 0 aromatic heterocycles. The Bertz CT molecular complexity index is 965. The largest absolute Gasteiger partial charge is 0.0616 e. The zero-order chi connectivity index (χ0) is 17.2. The van der Waals surface area contributed by atoms with E-state index in [1.165, 1.54) is 41.6 Å². The van der Waals surface area contributed by atoms with Crippen molar-refractivity contribution in [2.75, 3.05) is 0 Å². The van der Waals surface area contributed by atoms with Crippen molar-refractivity contribution in [3.05, 3.63) is 92.9 Å². The monoisotopic (exact) mass is 452 g/mol. The van der Waals surface area contributed by atoms with Crippen LogP contribution in [-0.2, 0) is 12.8 Å². The van der Waals surface area contributed by atoms with E-state index in [1.807, 2.05) is 0 Å². The molecule has 2 heteroatoms. The summed E-state index contributed by atoms with van der Waals surface area (Å²) < 4.78 is 2.34. The lowest BCUT2D eigenvalue weighted by atomic mass is 9.96. The summed E-state index contributed by atoms with van der Waals surface area (Å²) in [7, 11) is 0. The van der Waals surface area contributed by atoms with E-state index in [-0.39, 0.29) is 0 Å². The fourth-order valence-electron chi connectivity index (χ4n) is 3.55. The molecule has 0 saturated carbocycles. The highest BCUT2D eigenvalue weighted by molar-refractivity contribution is 9.11. The molecule has 0 aliphatic carbocycles. The first-order chi connectivity index (χ1) is 12.2. The number of rotatable bonds is 4. The minimum atomic E-state index is 1.10. The van der Waals surface area contributed by atoms with Crippen molar-refractivity contribution in [1.29, 1.82) is 0 Å². The van der Waals surface area contributed by atoms with Gasteiger partial charge in [-0.2, -0.15) is 0 Å². The van der Waals surface area contributed by atoms with Gasteiger partial charge in [0.15, 0.2) is 0 Å². The lowest BCUT2D eigenvalue weighted by Crippen LogP contribution is -1.93. The lowest BCUT2D eigenvalue weighted by Gasteiger charge is -2.10. The Hall–Kier alpha value is -1.64. The first kappa shape index (κ1) is 16.8. The van der Waals surface area contributed by atoms with Gasteiger partial charge in [0.05, 0.1) is 0 Å². The van der Waals surface area contributed by atoms with Crippen molar-refractivity contribution in [1.82, 2.24) is 0 Å². The summed E-state index contributed by atoms with van der Waals surface area (Å²) in [5.41, 5.74) is 2.86. The topological polar surface area (TPSA) is 0 Å². The lowest BCUT2D eigenvalue weighted by molar-refractivity contribution is 0.829. The summed E-state index contributed by atoms with van der Waals surface area (Å²) in [6, 6.07) is 26.1. The Kier molecular flexibility index (Phi) is 4.91. The second kappa shape index (κ2) is 7.31. The molecule has 0 heterocycles. The Morgan fingerprint density at radius 1 is 0.480 bits per heavy atom. The number of aryl methyl sites for hydroxylation is 2. The van der Waals surface area contributed by atoms with Crippen LogP contribution in [0, 0.1) is 0 Å². The molecular weight excluding hydrogens is 436 g/mol. The number of halogens is 2. The first-order valence-corrected chi connectivity index (χ1v) is 10.1. The van der Waals surface area contributed by atoms with Crippen LogP contribution in [-0.4, -0.2) is 0 Å². The highest BCUT2D eigenvalue weighted by Crippen LogP contribution is 2.30. The maximum Gasteiger partial charge on any atom is 0.0253 e. The van der Waals surface area contributed by atoms with E-state index < -0.39 is 0 Å². The first-order valence-electron chi connectivity index (χ1n) is 8.56. The van der Waals surface area contributed by atoms with E-state index in [1.54, 1.807) is 0 Å². The van der Waals surface area contributed by atoms with Gasteiger partial charge >= 0.3 is 0 Å². The average Bonchev–Trinajstić information content (AvgIpc) is 2.66. The second-order valence-corrected chi connectivity index (χ2v) is 8.07. The molecule has 4 rings (SSSR count). The highest BCUT2D eigenvalue weighted by Gasteiger charge is 2.06. The van der Waals surface area contributed by atoms with Crippen molar-refractivity contribution in [2.24, 2.45) is 0 Å². The Labute approximate surface area is 165 Å². The van der Waals surface area contributed by atoms with Gasteiger partial charge in [-0.05, 0) is 64.1 Å². The average molecular weight is 454 g/mol. The van der Waals surface area contributed by atoms with Gasteiger partial charge in [-0.15, -0.1) is 0 Å². The third-order valence-electron chi connectivity index (χ3n) is 4.81. The van der Waals surface area contributed by atoms with Gasteiger partial charge in [0.25, 0.3) is 0 Å². The summed E-state index contributed by atoms with van der Waals surface area (Å²) in [6.45, 7) is 0. The van der Waals surface area contributed by atoms with Crippen molar-refractivity contribution >= 4 is 53.4 Å². The zero-order valence-electron chi connectivity index (χ0n) is 13.8. The SMILES string of the molecule is Brc1ccc(CCCc2ccc(Br)c3ccccc23)c2ccccc12. The van der Waals surface area contributed by atoms with Crippen molar-refractivity contribution in [3.63, 3.8) is 0 Å². The van der Waals surface area contributed by atoms with Gasteiger partial charge in [-0.25, -0.2) is 0 Å². The van der Waals surface area contributed by atoms with Gasteiger partial charge in [0.1, 0.15) is 0 Å². The minimum Gasteiger partial charge on any atom is -0.0616 e. The van der Waals surface area contributed by atoms with E-state index >= 15 is 0 Å². The fraction of sp³-hybridized carbons (Fsp3) is 0.130. The van der Waals surface area contributed by atoms with Crippen LogP contribution < -0.4 is 0 Å². The summed E-state index contributed by atoms with van der Waals surface area (Å²) in [5.74, 6) is 0. The summed E-state index contributed by atoms with van der Waals surface area (Å²) in [6.07, 6.45) is 3.34. The molecule has 0 amide bonds. The molecule has 0 spiro atoms. The van der Waals surface area contributed by atoms with Crippen LogP contribution in [0.4, 0.5) is 0 Å². The number of hydrogen-bond acceptors (Lipinski definition) is 0. The van der Waals surface area contributed by atoms with Gasteiger partial charge in [0.2, 0.25) is 0 Å². The van der Waals surface area contributed by atoms with Crippen LogP contribution in [0.25, 0.3) is 21.5 Å². The van der Waals surface area contributed by atoms with Crippen LogP contribution in [0.1, 0.15) is 17.5 Å². The van der Waals surface area contributed by atoms with Gasteiger partial charge < -0.3 is 0 Å². The molecule has 0 radical (unpaired) electrons. The van der Waals surface area contributed by atoms with Crippen LogP contribution in [0.5, 0.6) is 0 Å². The number of benzene rings is 4. The van der Waals surface area contributed by atoms with E-state index in [2.05, 4.69) is 105 Å². The smallest absolute Gasteiger partial charge is 0.0253 e. The van der Waals surface area contributed by atoms with Crippen LogP contribution >= 0.6 is 31.9 Å². The highest BCUT2D eigenvalue weighted by atomic mass is 79.9. The molecule has 124 valence electrons. The Balaban J connectivity index is 1.58. The quantitative estimate of drug-likeness (QED) is 0.297. The molecule has 0 bridgehead atoms. The second-order valence-electron chi connectivity index (χ2n) is 6.36. The molecule has 4 aromatic carbocycles. The van der Waals surface area contributed by atoms with Crippen LogP contribution in [0.3, 0.4) is 0 Å². The maximum absolute atomic E-state index is 3.67. The van der Waals surface area contributed by atoms with Crippen LogP contribution in [0.15, 0.2) is 81.7 Å². The van der Waals surface area contributed by atoms with Crippen molar-refractivity contribution < 1.29 is 0 Å². The predicted molar refractivity (Wildman–Crippen MR) is 115 cm³/mol. The maximum atomic E-state index is 3.67. The third kappa shape index (κ3) is 3.38. The molecule has 4 aromatic rings. The molecule has 0 aliphatic rings. The van der Waals surface area contributed by atoms with E-state index in [0.29, 0.717) is 0 Å². The molecule has 0 nitrogen and oxygen atoms in total. The molecule has 0 aliphatic heterocycles. The molecular formula is C23H18Br2. The van der Waals surface area contributed by atoms with E-state index in [9.17, 15) is 0 Å². The molecule has 0 fully saturated rings. The zero-order valence-corrected chi connectivity index (χ0v) is 17.0. The summed E-state index contributed by atoms with van der Waals surface area (Å²) in [5, 5.41) is 5.32. The summed E-state index contributed by atoms with van der Waals surface area (Å²) in [4.78, 5) is 0.